The molecule has 0 bridgehead atoms. The smallest absolute Gasteiger partial charge is 0.269 e. The number of carbonyl (C=O) groups is 1. The van der Waals surface area contributed by atoms with Gasteiger partial charge in [-0.05, 0) is 24.5 Å². The molecule has 1 aromatic rings. The number of carbonyl (C=O) groups excluding carboxylic acids is 1. The van der Waals surface area contributed by atoms with Crippen molar-refractivity contribution in [1.82, 2.24) is 4.90 Å². The van der Waals surface area contributed by atoms with Gasteiger partial charge in [0.25, 0.3) is 5.69 Å². The number of nitro groups is 1. The molecule has 0 saturated heterocycles. The highest BCUT2D eigenvalue weighted by Crippen LogP contribution is 2.30. The van der Waals surface area contributed by atoms with E-state index in [1.807, 2.05) is 0 Å². The molecule has 0 radical (unpaired) electrons. The number of nitro benzene ring substituents is 1. The monoisotopic (exact) mass is 347 g/mol. The number of rotatable bonds is 4. The van der Waals surface area contributed by atoms with Gasteiger partial charge in [-0.1, -0.05) is 24.4 Å². The Labute approximate surface area is 140 Å². The molecule has 22 heavy (non-hydrogen) atoms. The van der Waals surface area contributed by atoms with Gasteiger partial charge in [0.2, 0.25) is 5.91 Å². The SMILES string of the molecule is CN(Cc1cc([N+](=O)[O-])ccc1Cl)C(=O)C1(N)CCCC1.Cl. The van der Waals surface area contributed by atoms with Crippen molar-refractivity contribution in [2.45, 2.75) is 37.8 Å². The third-order valence-corrected chi connectivity index (χ3v) is 4.28. The molecule has 1 fully saturated rings. The highest BCUT2D eigenvalue weighted by atomic mass is 35.5. The fourth-order valence-corrected chi connectivity index (χ4v) is 2.90. The molecule has 2 N–H and O–H groups in total. The molecule has 0 aromatic heterocycles. The normalized spacial score (nSPS) is 16.0. The number of amides is 1. The predicted octanol–water partition coefficient (Wildman–Crippen LogP) is 2.90. The zero-order valence-corrected chi connectivity index (χ0v) is 13.8. The quantitative estimate of drug-likeness (QED) is 0.669. The van der Waals surface area contributed by atoms with Crippen LogP contribution in [0.4, 0.5) is 5.69 Å². The maximum atomic E-state index is 12.4. The lowest BCUT2D eigenvalue weighted by Crippen LogP contribution is -2.52. The van der Waals surface area contributed by atoms with Gasteiger partial charge in [0.1, 0.15) is 0 Å². The Morgan fingerprint density at radius 1 is 1.45 bits per heavy atom. The summed E-state index contributed by atoms with van der Waals surface area (Å²) in [4.78, 5) is 24.2. The van der Waals surface area contributed by atoms with E-state index in [0.29, 0.717) is 23.4 Å². The van der Waals surface area contributed by atoms with Gasteiger partial charge in [-0.2, -0.15) is 0 Å². The fraction of sp³-hybridized carbons (Fsp3) is 0.500. The minimum absolute atomic E-state index is 0. The van der Waals surface area contributed by atoms with Gasteiger partial charge in [-0.25, -0.2) is 0 Å². The van der Waals surface area contributed by atoms with Crippen molar-refractivity contribution in [1.29, 1.82) is 0 Å². The molecule has 2 rings (SSSR count). The first-order valence-corrected chi connectivity index (χ1v) is 7.18. The van der Waals surface area contributed by atoms with E-state index in [1.165, 1.54) is 23.1 Å². The molecule has 1 aliphatic carbocycles. The van der Waals surface area contributed by atoms with Gasteiger partial charge in [0, 0.05) is 30.7 Å². The first-order chi connectivity index (χ1) is 9.83. The molecule has 1 amide bonds. The Bertz CT molecular complexity index is 574. The molecule has 0 atom stereocenters. The summed E-state index contributed by atoms with van der Waals surface area (Å²) in [6.45, 7) is 0.207. The van der Waals surface area contributed by atoms with Crippen molar-refractivity contribution in [2.24, 2.45) is 5.73 Å². The van der Waals surface area contributed by atoms with Crippen LogP contribution in [-0.2, 0) is 11.3 Å². The molecule has 8 heteroatoms. The lowest BCUT2D eigenvalue weighted by molar-refractivity contribution is -0.384. The summed E-state index contributed by atoms with van der Waals surface area (Å²) in [6.07, 6.45) is 3.26. The van der Waals surface area contributed by atoms with Crippen LogP contribution in [0.3, 0.4) is 0 Å². The predicted molar refractivity (Wildman–Crippen MR) is 87.2 cm³/mol. The number of non-ortho nitro benzene ring substituents is 1. The van der Waals surface area contributed by atoms with E-state index in [1.54, 1.807) is 7.05 Å². The van der Waals surface area contributed by atoms with Crippen LogP contribution in [-0.4, -0.2) is 28.3 Å². The summed E-state index contributed by atoms with van der Waals surface area (Å²) in [5.74, 6) is -0.137. The zero-order chi connectivity index (χ0) is 15.6. The van der Waals surface area contributed by atoms with Gasteiger partial charge >= 0.3 is 0 Å². The fourth-order valence-electron chi connectivity index (χ4n) is 2.72. The third kappa shape index (κ3) is 3.88. The average Bonchev–Trinajstić information content (AvgIpc) is 2.88. The average molecular weight is 348 g/mol. The summed E-state index contributed by atoms with van der Waals surface area (Å²) in [6, 6.07) is 4.21. The highest BCUT2D eigenvalue weighted by Gasteiger charge is 2.38. The minimum Gasteiger partial charge on any atom is -0.340 e. The number of hydrogen-bond acceptors (Lipinski definition) is 4. The van der Waals surface area contributed by atoms with E-state index in [9.17, 15) is 14.9 Å². The van der Waals surface area contributed by atoms with Crippen LogP contribution in [0.5, 0.6) is 0 Å². The Morgan fingerprint density at radius 2 is 2.05 bits per heavy atom. The number of benzene rings is 1. The van der Waals surface area contributed by atoms with Crippen LogP contribution >= 0.6 is 24.0 Å². The number of likely N-dealkylation sites (N-methyl/N-ethyl adjacent to an activating group) is 1. The first-order valence-electron chi connectivity index (χ1n) is 6.81. The van der Waals surface area contributed by atoms with Gasteiger partial charge in [-0.15, -0.1) is 12.4 Å². The van der Waals surface area contributed by atoms with Crippen molar-refractivity contribution in [3.05, 3.63) is 38.9 Å². The second-order valence-electron chi connectivity index (χ2n) is 5.56. The maximum absolute atomic E-state index is 12.4. The van der Waals surface area contributed by atoms with Crippen molar-refractivity contribution in [3.63, 3.8) is 0 Å². The first kappa shape index (κ1) is 18.7. The summed E-state index contributed by atoms with van der Waals surface area (Å²) in [5.41, 5.74) is 5.84. The molecule has 0 unspecified atom stereocenters. The van der Waals surface area contributed by atoms with Crippen molar-refractivity contribution in [2.75, 3.05) is 7.05 Å². The van der Waals surface area contributed by atoms with Crippen molar-refractivity contribution in [3.8, 4) is 0 Å². The van der Waals surface area contributed by atoms with E-state index in [4.69, 9.17) is 17.3 Å². The molecule has 122 valence electrons. The van der Waals surface area contributed by atoms with Crippen LogP contribution < -0.4 is 5.73 Å². The Morgan fingerprint density at radius 3 is 2.59 bits per heavy atom. The van der Waals surface area contributed by atoms with Crippen molar-refractivity contribution < 1.29 is 9.72 Å². The van der Waals surface area contributed by atoms with E-state index in [-0.39, 0.29) is 30.5 Å². The summed E-state index contributed by atoms with van der Waals surface area (Å²) < 4.78 is 0. The molecule has 0 heterocycles. The van der Waals surface area contributed by atoms with E-state index < -0.39 is 10.5 Å². The second-order valence-corrected chi connectivity index (χ2v) is 5.96. The molecular formula is C14H19Cl2N3O3. The van der Waals surface area contributed by atoms with Gasteiger partial charge in [-0.3, -0.25) is 14.9 Å². The number of hydrogen-bond donors (Lipinski definition) is 1. The van der Waals surface area contributed by atoms with Crippen LogP contribution in [0.2, 0.25) is 5.02 Å². The van der Waals surface area contributed by atoms with Crippen molar-refractivity contribution >= 4 is 35.6 Å². The summed E-state index contributed by atoms with van der Waals surface area (Å²) in [5, 5.41) is 11.2. The largest absolute Gasteiger partial charge is 0.340 e. The molecule has 1 aromatic carbocycles. The van der Waals surface area contributed by atoms with Crippen LogP contribution in [0.25, 0.3) is 0 Å². The number of nitrogens with two attached hydrogens (primary N) is 1. The Kier molecular flexibility index (Phi) is 6.17. The van der Waals surface area contributed by atoms with Crippen LogP contribution in [0, 0.1) is 10.1 Å². The molecule has 6 nitrogen and oxygen atoms in total. The number of halogens is 2. The zero-order valence-electron chi connectivity index (χ0n) is 12.3. The Hall–Kier alpha value is -1.37. The summed E-state index contributed by atoms with van der Waals surface area (Å²) in [7, 11) is 1.64. The van der Waals surface area contributed by atoms with Gasteiger partial charge in [0.15, 0.2) is 0 Å². The van der Waals surface area contributed by atoms with E-state index >= 15 is 0 Å². The lowest BCUT2D eigenvalue weighted by Gasteiger charge is -2.29. The van der Waals surface area contributed by atoms with Crippen LogP contribution in [0.15, 0.2) is 18.2 Å². The molecular weight excluding hydrogens is 329 g/mol. The minimum atomic E-state index is -0.804. The molecule has 1 saturated carbocycles. The topological polar surface area (TPSA) is 89.5 Å². The summed E-state index contributed by atoms with van der Waals surface area (Å²) >= 11 is 6.05. The lowest BCUT2D eigenvalue weighted by atomic mass is 9.97. The second kappa shape index (κ2) is 7.26. The Balaban J connectivity index is 0.00000242. The van der Waals surface area contributed by atoms with E-state index in [2.05, 4.69) is 0 Å². The highest BCUT2D eigenvalue weighted by molar-refractivity contribution is 6.31. The maximum Gasteiger partial charge on any atom is 0.269 e. The van der Waals surface area contributed by atoms with Gasteiger partial charge in [0.05, 0.1) is 10.5 Å². The number of nitrogens with zero attached hydrogens (tertiary/aromatic N) is 2. The third-order valence-electron chi connectivity index (χ3n) is 3.92. The molecule has 1 aliphatic rings. The molecule has 0 aliphatic heterocycles. The van der Waals surface area contributed by atoms with Crippen LogP contribution in [0.1, 0.15) is 31.2 Å². The van der Waals surface area contributed by atoms with E-state index in [0.717, 1.165) is 12.8 Å². The molecule has 0 spiro atoms. The standard InChI is InChI=1S/C14H18ClN3O3.ClH/c1-17(13(19)14(16)6-2-3-7-14)9-10-8-11(18(20)21)4-5-12(10)15;/h4-5,8H,2-3,6-7,9,16H2,1H3;1H. The van der Waals surface area contributed by atoms with Gasteiger partial charge < -0.3 is 10.6 Å².